The Hall–Kier alpha value is -4.61. The fourth-order valence-corrected chi connectivity index (χ4v) is 4.84. The van der Waals surface area contributed by atoms with Gasteiger partial charge in [-0.25, -0.2) is 9.59 Å². The van der Waals surface area contributed by atoms with Gasteiger partial charge in [0.2, 0.25) is 5.91 Å². The lowest BCUT2D eigenvalue weighted by molar-refractivity contribution is -0.142. The average Bonchev–Trinajstić information content (AvgIpc) is 3.25. The van der Waals surface area contributed by atoms with E-state index in [9.17, 15) is 19.5 Å². The number of ether oxygens (including phenoxy) is 1. The van der Waals surface area contributed by atoms with Crippen molar-refractivity contribution in [3.63, 3.8) is 0 Å². The molecule has 1 aliphatic carbocycles. The van der Waals surface area contributed by atoms with Crippen LogP contribution in [-0.4, -0.2) is 60.3 Å². The summed E-state index contributed by atoms with van der Waals surface area (Å²) in [5.41, 5.74) is 5.38. The van der Waals surface area contributed by atoms with Crippen molar-refractivity contribution in [3.8, 4) is 23.5 Å². The molecule has 39 heavy (non-hydrogen) atoms. The Morgan fingerprint density at radius 3 is 2.10 bits per heavy atom. The second-order valence-corrected chi connectivity index (χ2v) is 9.51. The minimum Gasteiger partial charge on any atom is -0.480 e. The van der Waals surface area contributed by atoms with Gasteiger partial charge in [0.1, 0.15) is 18.7 Å². The first-order valence-electron chi connectivity index (χ1n) is 12.7. The Kier molecular flexibility index (Phi) is 8.97. The number of nitrogens with zero attached hydrogens (tertiary/aromatic N) is 1. The van der Waals surface area contributed by atoms with Gasteiger partial charge in [-0.3, -0.25) is 9.69 Å². The molecule has 3 aromatic carbocycles. The van der Waals surface area contributed by atoms with Crippen LogP contribution in [0.25, 0.3) is 11.1 Å². The van der Waals surface area contributed by atoms with Crippen LogP contribution in [0.2, 0.25) is 0 Å². The number of carbonyl (C=O) groups is 3. The number of terminal acetylenes is 1. The van der Waals surface area contributed by atoms with Gasteiger partial charge in [-0.05, 0) is 34.9 Å². The van der Waals surface area contributed by atoms with Crippen LogP contribution in [0.3, 0.4) is 0 Å². The lowest BCUT2D eigenvalue weighted by atomic mass is 9.98. The zero-order valence-corrected chi connectivity index (χ0v) is 21.7. The fraction of sp³-hybridized carbons (Fsp3) is 0.258. The number of hydrogen-bond donors (Lipinski definition) is 3. The van der Waals surface area contributed by atoms with E-state index >= 15 is 0 Å². The van der Waals surface area contributed by atoms with Crippen molar-refractivity contribution in [2.75, 3.05) is 20.2 Å². The van der Waals surface area contributed by atoms with Gasteiger partial charge < -0.3 is 20.5 Å². The van der Waals surface area contributed by atoms with Crippen LogP contribution in [-0.2, 0) is 20.9 Å². The number of hydrogen-bond acceptors (Lipinski definition) is 5. The summed E-state index contributed by atoms with van der Waals surface area (Å²) in [4.78, 5) is 39.5. The van der Waals surface area contributed by atoms with Crippen molar-refractivity contribution in [1.29, 1.82) is 0 Å². The highest BCUT2D eigenvalue weighted by molar-refractivity contribution is 5.89. The maximum absolute atomic E-state index is 13.1. The Balaban J connectivity index is 1.45. The molecule has 0 saturated heterocycles. The van der Waals surface area contributed by atoms with Crippen LogP contribution >= 0.6 is 0 Å². The second kappa shape index (κ2) is 12.8. The van der Waals surface area contributed by atoms with E-state index in [2.05, 4.69) is 16.6 Å². The van der Waals surface area contributed by atoms with Gasteiger partial charge in [-0.15, -0.1) is 12.3 Å². The molecule has 4 rings (SSSR count). The molecule has 8 heteroatoms. The van der Waals surface area contributed by atoms with E-state index in [0.717, 1.165) is 27.8 Å². The van der Waals surface area contributed by atoms with Crippen LogP contribution in [0, 0.1) is 12.3 Å². The van der Waals surface area contributed by atoms with Crippen LogP contribution in [0.1, 0.15) is 29.0 Å². The smallest absolute Gasteiger partial charge is 0.407 e. The summed E-state index contributed by atoms with van der Waals surface area (Å²) in [6.07, 6.45) is 4.32. The molecule has 0 aromatic heterocycles. The second-order valence-electron chi connectivity index (χ2n) is 9.51. The molecule has 2 atom stereocenters. The third-order valence-corrected chi connectivity index (χ3v) is 6.68. The summed E-state index contributed by atoms with van der Waals surface area (Å²) in [6, 6.07) is 23.3. The van der Waals surface area contributed by atoms with Crippen molar-refractivity contribution >= 4 is 18.0 Å². The molecule has 200 valence electrons. The van der Waals surface area contributed by atoms with E-state index < -0.39 is 30.1 Å². The predicted octanol–water partition coefficient (Wildman–Crippen LogP) is 3.62. The number of carboxylic acid groups (broad SMARTS) is 1. The third-order valence-electron chi connectivity index (χ3n) is 6.68. The average molecular weight is 526 g/mol. The number of likely N-dealkylation sites (N-methyl/N-ethyl adjacent to an activating group) is 1. The van der Waals surface area contributed by atoms with Gasteiger partial charge in [-0.1, -0.05) is 78.9 Å². The number of alkyl carbamates (subject to hydrolysis) is 1. The number of benzene rings is 3. The van der Waals surface area contributed by atoms with E-state index in [1.165, 1.54) is 0 Å². The van der Waals surface area contributed by atoms with Gasteiger partial charge in [0.05, 0.1) is 0 Å². The Labute approximate surface area is 228 Å². The first-order valence-corrected chi connectivity index (χ1v) is 12.7. The number of amides is 2. The highest BCUT2D eigenvalue weighted by Gasteiger charge is 2.31. The number of fused-ring (bicyclic) bond motifs is 3. The van der Waals surface area contributed by atoms with Crippen LogP contribution in [0.5, 0.6) is 0 Å². The molecule has 0 radical (unpaired) electrons. The molecular formula is C31H31N3O5. The van der Waals surface area contributed by atoms with Gasteiger partial charge in [-0.2, -0.15) is 0 Å². The summed E-state index contributed by atoms with van der Waals surface area (Å²) < 4.78 is 5.62. The van der Waals surface area contributed by atoms with E-state index in [1.54, 1.807) is 0 Å². The normalized spacial score (nSPS) is 13.5. The van der Waals surface area contributed by atoms with E-state index in [0.29, 0.717) is 6.54 Å². The molecule has 1 aliphatic rings. The molecule has 2 unspecified atom stereocenters. The van der Waals surface area contributed by atoms with Gasteiger partial charge in [0.25, 0.3) is 0 Å². The third kappa shape index (κ3) is 6.83. The van der Waals surface area contributed by atoms with E-state index in [1.807, 2.05) is 90.8 Å². The highest BCUT2D eigenvalue weighted by Crippen LogP contribution is 2.44. The summed E-state index contributed by atoms with van der Waals surface area (Å²) in [5.74, 6) is 0.209. The molecule has 3 N–H and O–H groups in total. The maximum atomic E-state index is 13.1. The molecule has 0 heterocycles. The lowest BCUT2D eigenvalue weighted by Crippen LogP contribution is -2.55. The SMILES string of the molecule is C#CCC(NC(=O)C(CN(C)Cc1ccccc1)NC(=O)OCC1c2ccccc2-c2ccccc21)C(=O)O. The van der Waals surface area contributed by atoms with Crippen LogP contribution in [0.4, 0.5) is 4.79 Å². The van der Waals surface area contributed by atoms with Crippen LogP contribution in [0.15, 0.2) is 78.9 Å². The fourth-order valence-electron chi connectivity index (χ4n) is 4.84. The van der Waals surface area contributed by atoms with Gasteiger partial charge in [0.15, 0.2) is 0 Å². The highest BCUT2D eigenvalue weighted by atomic mass is 16.5. The number of rotatable bonds is 11. The van der Waals surface area contributed by atoms with Crippen molar-refractivity contribution in [1.82, 2.24) is 15.5 Å². The summed E-state index contributed by atoms with van der Waals surface area (Å²) in [7, 11) is 1.81. The Bertz CT molecular complexity index is 1320. The molecule has 0 aliphatic heterocycles. The Morgan fingerprint density at radius 1 is 0.923 bits per heavy atom. The zero-order chi connectivity index (χ0) is 27.8. The minimum absolute atomic E-state index is 0.0862. The topological polar surface area (TPSA) is 108 Å². The van der Waals surface area contributed by atoms with Gasteiger partial charge >= 0.3 is 12.1 Å². The summed E-state index contributed by atoms with van der Waals surface area (Å²) in [5, 5.41) is 14.5. The lowest BCUT2D eigenvalue weighted by Gasteiger charge is -2.25. The molecule has 3 aromatic rings. The van der Waals surface area contributed by atoms with Crippen LogP contribution < -0.4 is 10.6 Å². The molecule has 0 spiro atoms. The number of nitrogens with one attached hydrogen (secondary N) is 2. The zero-order valence-electron chi connectivity index (χ0n) is 21.7. The number of carbonyl (C=O) groups excluding carboxylic acids is 2. The molecule has 0 fully saturated rings. The molecule has 2 amide bonds. The number of aliphatic carboxylic acids is 1. The molecule has 0 bridgehead atoms. The largest absolute Gasteiger partial charge is 0.480 e. The first kappa shape index (κ1) is 27.4. The predicted molar refractivity (Wildman–Crippen MR) is 148 cm³/mol. The molecule has 8 nitrogen and oxygen atoms in total. The van der Waals surface area contributed by atoms with E-state index in [-0.39, 0.29) is 25.5 Å². The Morgan fingerprint density at radius 2 is 1.51 bits per heavy atom. The summed E-state index contributed by atoms with van der Waals surface area (Å²) >= 11 is 0. The monoisotopic (exact) mass is 525 g/mol. The minimum atomic E-state index is -1.27. The van der Waals surface area contributed by atoms with Crippen molar-refractivity contribution in [2.45, 2.75) is 31.0 Å². The molecule has 0 saturated carbocycles. The molecular weight excluding hydrogens is 494 g/mol. The maximum Gasteiger partial charge on any atom is 0.407 e. The quantitative estimate of drug-likeness (QED) is 0.330. The van der Waals surface area contributed by atoms with Crippen molar-refractivity contribution in [3.05, 3.63) is 95.6 Å². The summed E-state index contributed by atoms with van der Waals surface area (Å²) in [6.45, 7) is 0.722. The standard InChI is InChI=1S/C31H31N3O5/c1-3-11-27(30(36)37)32-29(35)28(19-34(2)18-21-12-5-4-6-13-21)33-31(38)39-20-26-24-16-9-7-14-22(24)23-15-8-10-17-25(23)26/h1,4-10,12-17,26-28H,11,18-20H2,2H3,(H,32,35)(H,33,38)(H,36,37). The van der Waals surface area contributed by atoms with Crippen molar-refractivity contribution < 1.29 is 24.2 Å². The first-order chi connectivity index (χ1) is 18.9. The van der Waals surface area contributed by atoms with Gasteiger partial charge in [0, 0.05) is 25.4 Å². The van der Waals surface area contributed by atoms with E-state index in [4.69, 9.17) is 11.2 Å². The van der Waals surface area contributed by atoms with Crippen molar-refractivity contribution in [2.24, 2.45) is 0 Å². The number of carboxylic acids is 1.